The minimum atomic E-state index is -0.833. The minimum Gasteiger partial charge on any atom is -0.394 e. The van der Waals surface area contributed by atoms with Crippen molar-refractivity contribution in [3.8, 4) is 0 Å². The summed E-state index contributed by atoms with van der Waals surface area (Å²) >= 11 is 0. The van der Waals surface area contributed by atoms with Crippen molar-refractivity contribution >= 4 is 5.91 Å². The smallest absolute Gasteiger partial charge is 0.220 e. The Bertz CT molecular complexity index is 908. The van der Waals surface area contributed by atoms with E-state index in [-0.39, 0.29) is 12.5 Å². The van der Waals surface area contributed by atoms with Crippen LogP contribution in [0.1, 0.15) is 264 Å². The van der Waals surface area contributed by atoms with Gasteiger partial charge < -0.3 is 15.5 Å². The van der Waals surface area contributed by atoms with Gasteiger partial charge >= 0.3 is 0 Å². The second-order valence-electron chi connectivity index (χ2n) is 17.2. The van der Waals surface area contributed by atoms with Gasteiger partial charge in [0.2, 0.25) is 5.91 Å². The van der Waals surface area contributed by atoms with E-state index in [1.165, 1.54) is 205 Å². The monoisotopic (exact) mass is 798 g/mol. The number of carbonyl (C=O) groups is 1. The van der Waals surface area contributed by atoms with Gasteiger partial charge in [-0.1, -0.05) is 249 Å². The van der Waals surface area contributed by atoms with Gasteiger partial charge in [-0.3, -0.25) is 4.79 Å². The number of hydrogen-bond acceptors (Lipinski definition) is 3. The first kappa shape index (κ1) is 55.4. The largest absolute Gasteiger partial charge is 0.394 e. The van der Waals surface area contributed by atoms with E-state index >= 15 is 0 Å². The maximum Gasteiger partial charge on any atom is 0.220 e. The van der Waals surface area contributed by atoms with E-state index in [0.717, 1.165) is 38.5 Å². The molecule has 4 heteroatoms. The summed E-state index contributed by atoms with van der Waals surface area (Å²) in [5.41, 5.74) is 0. The predicted molar refractivity (Wildman–Crippen MR) is 253 cm³/mol. The first-order chi connectivity index (χ1) is 28.2. The van der Waals surface area contributed by atoms with Gasteiger partial charge in [0.15, 0.2) is 0 Å². The highest BCUT2D eigenvalue weighted by molar-refractivity contribution is 5.76. The summed E-state index contributed by atoms with van der Waals surface area (Å²) in [5, 5.41) is 22.7. The number of amides is 1. The molecule has 0 aliphatic heterocycles. The Kier molecular flexibility index (Phi) is 47.3. The van der Waals surface area contributed by atoms with Gasteiger partial charge in [-0.2, -0.15) is 0 Å². The Balaban J connectivity index is 3.34. The van der Waals surface area contributed by atoms with Crippen LogP contribution < -0.4 is 5.32 Å². The number of rotatable bonds is 46. The third-order valence-electron chi connectivity index (χ3n) is 11.6. The molecule has 0 aromatic rings. The van der Waals surface area contributed by atoms with Gasteiger partial charge in [0.25, 0.3) is 0 Å². The molecule has 0 rings (SSSR count). The summed E-state index contributed by atoms with van der Waals surface area (Å²) in [4.78, 5) is 12.3. The molecule has 3 N–H and O–H groups in total. The molecule has 0 saturated heterocycles. The molecule has 0 bridgehead atoms. The van der Waals surface area contributed by atoms with Gasteiger partial charge in [0.05, 0.1) is 18.8 Å². The number of aliphatic hydroxyl groups excluding tert-OH is 2. The van der Waals surface area contributed by atoms with E-state index in [2.05, 4.69) is 55.6 Å². The zero-order valence-corrected chi connectivity index (χ0v) is 38.4. The fourth-order valence-electron chi connectivity index (χ4n) is 7.66. The highest BCUT2D eigenvalue weighted by atomic mass is 16.3. The number of carbonyl (C=O) groups excluding carboxylic acids is 1. The average molecular weight is 798 g/mol. The standard InChI is InChI=1S/C53H99NO3/c1-3-5-7-9-11-12-13-14-15-16-17-18-19-20-21-22-23-24-25-26-27-28-29-30-31-32-33-34-35-36-37-38-39-40-41-42-43-45-47-49-53(57)54-51(50-55)52(56)48-46-44-10-8-6-4-2/h13-14,16-17,19-20,46,48,51-52,55-56H,3-12,15,18,21-45,47,49-50H2,1-2H3,(H,54,57)/b14-13-,17-16-,20-19-,48-46+. The molecule has 2 unspecified atom stereocenters. The zero-order chi connectivity index (χ0) is 41.4. The molecule has 0 aliphatic carbocycles. The van der Waals surface area contributed by atoms with E-state index in [1.807, 2.05) is 6.08 Å². The van der Waals surface area contributed by atoms with Crippen LogP contribution in [0.5, 0.6) is 0 Å². The molecule has 0 aliphatic rings. The molecule has 57 heavy (non-hydrogen) atoms. The van der Waals surface area contributed by atoms with Crippen molar-refractivity contribution in [1.29, 1.82) is 0 Å². The van der Waals surface area contributed by atoms with Crippen molar-refractivity contribution in [2.45, 2.75) is 276 Å². The number of hydrogen-bond donors (Lipinski definition) is 3. The van der Waals surface area contributed by atoms with Gasteiger partial charge in [-0.05, 0) is 57.8 Å². The quantitative estimate of drug-likeness (QED) is 0.0424. The second kappa shape index (κ2) is 48.7. The van der Waals surface area contributed by atoms with Crippen molar-refractivity contribution in [2.24, 2.45) is 0 Å². The van der Waals surface area contributed by atoms with Crippen molar-refractivity contribution in [2.75, 3.05) is 6.61 Å². The number of aliphatic hydroxyl groups is 2. The molecule has 0 saturated carbocycles. The third kappa shape index (κ3) is 45.3. The van der Waals surface area contributed by atoms with Gasteiger partial charge in [-0.15, -0.1) is 0 Å². The first-order valence-corrected chi connectivity index (χ1v) is 25.4. The normalized spacial score (nSPS) is 13.3. The number of nitrogens with one attached hydrogen (secondary N) is 1. The lowest BCUT2D eigenvalue weighted by Crippen LogP contribution is -2.45. The van der Waals surface area contributed by atoms with Gasteiger partial charge in [0.1, 0.15) is 0 Å². The molecule has 0 fully saturated rings. The molecule has 2 atom stereocenters. The topological polar surface area (TPSA) is 69.6 Å². The minimum absolute atomic E-state index is 0.0670. The zero-order valence-electron chi connectivity index (χ0n) is 38.4. The Labute approximate surface area is 356 Å². The average Bonchev–Trinajstić information content (AvgIpc) is 3.22. The predicted octanol–water partition coefficient (Wildman–Crippen LogP) is 16.3. The van der Waals surface area contributed by atoms with Crippen LogP contribution in [0.15, 0.2) is 48.6 Å². The maximum atomic E-state index is 12.3. The summed E-state index contributed by atoms with van der Waals surface area (Å²) in [6.07, 6.45) is 67.3. The summed E-state index contributed by atoms with van der Waals surface area (Å²) in [7, 11) is 0. The molecule has 0 spiro atoms. The third-order valence-corrected chi connectivity index (χ3v) is 11.6. The Hall–Kier alpha value is -1.65. The lowest BCUT2D eigenvalue weighted by Gasteiger charge is -2.20. The number of unbranched alkanes of at least 4 members (excludes halogenated alkanes) is 33. The van der Waals surface area contributed by atoms with Crippen LogP contribution in [0.3, 0.4) is 0 Å². The van der Waals surface area contributed by atoms with E-state index in [9.17, 15) is 15.0 Å². The van der Waals surface area contributed by atoms with Gasteiger partial charge in [-0.25, -0.2) is 0 Å². The van der Waals surface area contributed by atoms with Crippen molar-refractivity contribution < 1.29 is 15.0 Å². The first-order valence-electron chi connectivity index (χ1n) is 25.4. The van der Waals surface area contributed by atoms with E-state index in [0.29, 0.717) is 6.42 Å². The van der Waals surface area contributed by atoms with Gasteiger partial charge in [0, 0.05) is 6.42 Å². The van der Waals surface area contributed by atoms with Crippen LogP contribution in [-0.4, -0.2) is 34.9 Å². The van der Waals surface area contributed by atoms with Crippen LogP contribution in [0.2, 0.25) is 0 Å². The number of allylic oxidation sites excluding steroid dienone is 7. The van der Waals surface area contributed by atoms with E-state index in [4.69, 9.17) is 0 Å². The fourth-order valence-corrected chi connectivity index (χ4v) is 7.66. The van der Waals surface area contributed by atoms with Crippen LogP contribution in [0.4, 0.5) is 0 Å². The lowest BCUT2D eigenvalue weighted by molar-refractivity contribution is -0.123. The molecule has 0 aromatic carbocycles. The highest BCUT2D eigenvalue weighted by Gasteiger charge is 2.17. The van der Waals surface area contributed by atoms with Crippen molar-refractivity contribution in [1.82, 2.24) is 5.32 Å². The molecule has 0 radical (unpaired) electrons. The Morgan fingerprint density at radius 1 is 0.421 bits per heavy atom. The molecular formula is C53H99NO3. The van der Waals surface area contributed by atoms with Crippen LogP contribution in [0, 0.1) is 0 Å². The highest BCUT2D eigenvalue weighted by Crippen LogP contribution is 2.16. The summed E-state index contributed by atoms with van der Waals surface area (Å²) in [6.45, 7) is 4.23. The Morgan fingerprint density at radius 3 is 1.09 bits per heavy atom. The maximum absolute atomic E-state index is 12.3. The summed E-state index contributed by atoms with van der Waals surface area (Å²) in [5.74, 6) is -0.0670. The van der Waals surface area contributed by atoms with E-state index in [1.54, 1.807) is 6.08 Å². The SMILES string of the molecule is CCCCCC/C=C/C(O)C(CO)NC(=O)CCCCCCCCCCCCCCCCCCCCCCCCCC/C=C\C/C=C\C/C=C\CCCCCCC. The van der Waals surface area contributed by atoms with Crippen molar-refractivity contribution in [3.05, 3.63) is 48.6 Å². The molecule has 334 valence electrons. The summed E-state index contributed by atoms with van der Waals surface area (Å²) < 4.78 is 0. The fraction of sp³-hybridized carbons (Fsp3) is 0.830. The summed E-state index contributed by atoms with van der Waals surface area (Å²) in [6, 6.07) is -0.617. The molecular weight excluding hydrogens is 699 g/mol. The molecule has 1 amide bonds. The van der Waals surface area contributed by atoms with Crippen molar-refractivity contribution in [3.63, 3.8) is 0 Å². The second-order valence-corrected chi connectivity index (χ2v) is 17.2. The molecule has 4 nitrogen and oxygen atoms in total. The molecule has 0 heterocycles. The van der Waals surface area contributed by atoms with Crippen LogP contribution in [-0.2, 0) is 4.79 Å². The Morgan fingerprint density at radius 2 is 0.719 bits per heavy atom. The van der Waals surface area contributed by atoms with E-state index < -0.39 is 12.1 Å². The molecule has 0 aromatic heterocycles. The van der Waals surface area contributed by atoms with Crippen LogP contribution >= 0.6 is 0 Å². The lowest BCUT2D eigenvalue weighted by atomic mass is 10.0. The van der Waals surface area contributed by atoms with Crippen LogP contribution in [0.25, 0.3) is 0 Å².